The van der Waals surface area contributed by atoms with Gasteiger partial charge in [0.1, 0.15) is 0 Å². The van der Waals surface area contributed by atoms with E-state index in [9.17, 15) is 13.2 Å². The van der Waals surface area contributed by atoms with Gasteiger partial charge < -0.3 is 11.1 Å². The second-order valence-corrected chi connectivity index (χ2v) is 9.59. The molecule has 0 fully saturated rings. The molecular formula is C21H17Cl2N3O3S. The number of benzene rings is 3. The molecule has 3 aromatic carbocycles. The highest BCUT2D eigenvalue weighted by Gasteiger charge is 2.50. The van der Waals surface area contributed by atoms with Crippen LogP contribution in [0, 0.1) is 0 Å². The summed E-state index contributed by atoms with van der Waals surface area (Å²) < 4.78 is 26.7. The Morgan fingerprint density at radius 3 is 2.30 bits per heavy atom. The van der Waals surface area contributed by atoms with Crippen LogP contribution in [0.15, 0.2) is 70.5 Å². The van der Waals surface area contributed by atoms with E-state index >= 15 is 0 Å². The lowest BCUT2D eigenvalue weighted by Crippen LogP contribution is -2.47. The summed E-state index contributed by atoms with van der Waals surface area (Å²) in [4.78, 5) is 13.2. The fourth-order valence-electron chi connectivity index (χ4n) is 3.74. The Balaban J connectivity index is 2.01. The van der Waals surface area contributed by atoms with Crippen molar-refractivity contribution in [3.05, 3.63) is 81.8 Å². The van der Waals surface area contributed by atoms with Crippen LogP contribution in [-0.2, 0) is 20.2 Å². The van der Waals surface area contributed by atoms with Gasteiger partial charge in [-0.05, 0) is 49.5 Å². The molecule has 6 nitrogen and oxygen atoms in total. The monoisotopic (exact) mass is 461 g/mol. The van der Waals surface area contributed by atoms with Gasteiger partial charge in [0.15, 0.2) is 5.54 Å². The number of amides is 1. The maximum absolute atomic E-state index is 13.4. The molecule has 9 heteroatoms. The predicted octanol–water partition coefficient (Wildman–Crippen LogP) is 3.82. The Kier molecular flexibility index (Phi) is 5.02. The summed E-state index contributed by atoms with van der Waals surface area (Å²) in [6.45, 7) is 0. The molecule has 0 saturated carbocycles. The number of fused-ring (bicyclic) bond motifs is 1. The minimum atomic E-state index is -3.99. The van der Waals surface area contributed by atoms with Gasteiger partial charge in [-0.25, -0.2) is 8.42 Å². The highest BCUT2D eigenvalue weighted by atomic mass is 35.5. The molecule has 0 spiro atoms. The normalized spacial score (nSPS) is 18.2. The third-order valence-corrected chi connectivity index (χ3v) is 7.52. The average molecular weight is 462 g/mol. The van der Waals surface area contributed by atoms with Gasteiger partial charge in [-0.2, -0.15) is 0 Å². The van der Waals surface area contributed by atoms with E-state index in [-0.39, 0.29) is 20.5 Å². The van der Waals surface area contributed by atoms with Crippen LogP contribution in [0.4, 0.5) is 11.4 Å². The lowest BCUT2D eigenvalue weighted by Gasteiger charge is -2.28. The standard InChI is InChI=1S/C21H17Cl2N3O3S/c1-25-21(15-4-2-3-5-17(15)23)16-10-12(22)11-18(19(16)26-20(21)27)30(28,29)14-8-6-13(24)7-9-14/h2-11,25H,24H2,1H3,(H,26,27). The molecule has 4 rings (SSSR count). The smallest absolute Gasteiger partial charge is 0.254 e. The van der Waals surface area contributed by atoms with Gasteiger partial charge in [0.2, 0.25) is 9.84 Å². The van der Waals surface area contributed by atoms with Crippen LogP contribution in [0.25, 0.3) is 0 Å². The van der Waals surface area contributed by atoms with Crippen LogP contribution < -0.4 is 16.4 Å². The van der Waals surface area contributed by atoms with E-state index in [0.29, 0.717) is 21.8 Å². The van der Waals surface area contributed by atoms with Crippen molar-refractivity contribution < 1.29 is 13.2 Å². The highest BCUT2D eigenvalue weighted by Crippen LogP contribution is 2.47. The molecule has 0 aliphatic carbocycles. The Morgan fingerprint density at radius 1 is 1.00 bits per heavy atom. The first kappa shape index (κ1) is 20.7. The van der Waals surface area contributed by atoms with E-state index in [1.165, 1.54) is 30.3 Å². The van der Waals surface area contributed by atoms with Crippen LogP contribution in [0.1, 0.15) is 11.1 Å². The van der Waals surface area contributed by atoms with Crippen molar-refractivity contribution in [2.24, 2.45) is 0 Å². The molecule has 0 bridgehead atoms. The van der Waals surface area contributed by atoms with Crippen LogP contribution in [0.2, 0.25) is 10.0 Å². The Morgan fingerprint density at radius 2 is 1.67 bits per heavy atom. The zero-order valence-electron chi connectivity index (χ0n) is 15.7. The van der Waals surface area contributed by atoms with Gasteiger partial charge in [0.05, 0.1) is 15.5 Å². The van der Waals surface area contributed by atoms with E-state index < -0.39 is 21.3 Å². The number of sulfone groups is 1. The molecule has 1 aliphatic heterocycles. The molecule has 1 heterocycles. The first-order valence-corrected chi connectivity index (χ1v) is 11.2. The van der Waals surface area contributed by atoms with E-state index in [0.717, 1.165) is 0 Å². The lowest BCUT2D eigenvalue weighted by molar-refractivity contribution is -0.120. The van der Waals surface area contributed by atoms with Crippen molar-refractivity contribution in [1.82, 2.24) is 5.32 Å². The fourth-order valence-corrected chi connectivity index (χ4v) is 5.76. The van der Waals surface area contributed by atoms with E-state index in [4.69, 9.17) is 28.9 Å². The number of likely N-dealkylation sites (N-methyl/N-ethyl adjacent to an activating group) is 1. The first-order chi connectivity index (χ1) is 14.2. The Hall–Kier alpha value is -2.58. The molecule has 0 radical (unpaired) electrons. The number of carbonyl (C=O) groups excluding carboxylic acids is 1. The van der Waals surface area contributed by atoms with Crippen molar-refractivity contribution in [1.29, 1.82) is 0 Å². The number of carbonyl (C=O) groups is 1. The number of halogens is 2. The van der Waals surface area contributed by atoms with Crippen LogP contribution in [-0.4, -0.2) is 21.4 Å². The van der Waals surface area contributed by atoms with Gasteiger partial charge in [0.25, 0.3) is 5.91 Å². The number of hydrogen-bond donors (Lipinski definition) is 3. The van der Waals surface area contributed by atoms with Gasteiger partial charge >= 0.3 is 0 Å². The summed E-state index contributed by atoms with van der Waals surface area (Å²) >= 11 is 12.7. The topological polar surface area (TPSA) is 101 Å². The summed E-state index contributed by atoms with van der Waals surface area (Å²) in [7, 11) is -2.39. The SMILES string of the molecule is CNC1(c2ccccc2Cl)C(=O)Nc2c1cc(Cl)cc2S(=O)(=O)c1ccc(N)cc1. The van der Waals surface area contributed by atoms with Gasteiger partial charge in [-0.3, -0.25) is 10.1 Å². The second kappa shape index (κ2) is 7.28. The summed E-state index contributed by atoms with van der Waals surface area (Å²) in [6.07, 6.45) is 0. The Bertz CT molecular complexity index is 1280. The third kappa shape index (κ3) is 2.97. The number of hydrogen-bond acceptors (Lipinski definition) is 5. The van der Waals surface area contributed by atoms with E-state index in [1.807, 2.05) is 0 Å². The molecular weight excluding hydrogens is 445 g/mol. The van der Waals surface area contributed by atoms with Crippen molar-refractivity contribution >= 4 is 50.3 Å². The number of rotatable bonds is 4. The molecule has 1 amide bonds. The third-order valence-electron chi connectivity index (χ3n) is 5.18. The minimum absolute atomic E-state index is 0.0371. The highest BCUT2D eigenvalue weighted by molar-refractivity contribution is 7.91. The summed E-state index contributed by atoms with van der Waals surface area (Å²) in [5.41, 5.74) is 5.75. The molecule has 0 aromatic heterocycles. The molecule has 0 saturated heterocycles. The van der Waals surface area contributed by atoms with Gasteiger partial charge in [0, 0.05) is 26.9 Å². The number of nitrogens with one attached hydrogen (secondary N) is 2. The van der Waals surface area contributed by atoms with Crippen molar-refractivity contribution in [3.63, 3.8) is 0 Å². The molecule has 3 aromatic rings. The van der Waals surface area contributed by atoms with Crippen molar-refractivity contribution in [3.8, 4) is 0 Å². The number of anilines is 2. The maximum Gasteiger partial charge on any atom is 0.254 e. The molecule has 154 valence electrons. The van der Waals surface area contributed by atoms with Crippen LogP contribution in [0.3, 0.4) is 0 Å². The van der Waals surface area contributed by atoms with Crippen LogP contribution >= 0.6 is 23.2 Å². The van der Waals surface area contributed by atoms with Crippen molar-refractivity contribution in [2.75, 3.05) is 18.1 Å². The molecule has 1 unspecified atom stereocenters. The zero-order chi connectivity index (χ0) is 21.7. The number of nitrogen functional groups attached to an aromatic ring is 1. The number of nitrogens with two attached hydrogens (primary N) is 1. The fraction of sp³-hybridized carbons (Fsp3) is 0.0952. The molecule has 4 N–H and O–H groups in total. The van der Waals surface area contributed by atoms with Gasteiger partial charge in [-0.15, -0.1) is 0 Å². The first-order valence-electron chi connectivity index (χ1n) is 8.92. The van der Waals surface area contributed by atoms with E-state index in [1.54, 1.807) is 37.4 Å². The summed E-state index contributed by atoms with van der Waals surface area (Å²) in [6, 6.07) is 15.6. The molecule has 1 atom stereocenters. The van der Waals surface area contributed by atoms with Crippen LogP contribution in [0.5, 0.6) is 0 Å². The molecule has 30 heavy (non-hydrogen) atoms. The largest absolute Gasteiger partial charge is 0.399 e. The lowest BCUT2D eigenvalue weighted by atomic mass is 9.84. The summed E-state index contributed by atoms with van der Waals surface area (Å²) in [5, 5.41) is 6.28. The minimum Gasteiger partial charge on any atom is -0.399 e. The predicted molar refractivity (Wildman–Crippen MR) is 118 cm³/mol. The Labute approximate surface area is 183 Å². The second-order valence-electron chi connectivity index (χ2n) is 6.83. The van der Waals surface area contributed by atoms with Crippen molar-refractivity contribution in [2.45, 2.75) is 15.3 Å². The maximum atomic E-state index is 13.4. The zero-order valence-corrected chi connectivity index (χ0v) is 18.1. The van der Waals surface area contributed by atoms with E-state index in [2.05, 4.69) is 10.6 Å². The summed E-state index contributed by atoms with van der Waals surface area (Å²) in [5.74, 6) is -0.455. The quantitative estimate of drug-likeness (QED) is 0.512. The van der Waals surface area contributed by atoms with Gasteiger partial charge in [-0.1, -0.05) is 41.4 Å². The average Bonchev–Trinajstić information content (AvgIpc) is 3.00. The molecule has 1 aliphatic rings.